The quantitative estimate of drug-likeness (QED) is 0.925. The first-order valence-electron chi connectivity index (χ1n) is 5.77. The molecule has 1 aromatic carbocycles. The second kappa shape index (κ2) is 6.21. The second-order valence-corrected chi connectivity index (χ2v) is 6.89. The number of hydrogen-bond acceptors (Lipinski definition) is 5. The van der Waals surface area contributed by atoms with Gasteiger partial charge in [0.05, 0.1) is 10.5 Å². The third kappa shape index (κ3) is 3.13. The minimum atomic E-state index is -4.69. The monoisotopic (exact) mass is 342 g/mol. The Balaban J connectivity index is 2.21. The number of sulfone groups is 1. The van der Waals surface area contributed by atoms with Gasteiger partial charge < -0.3 is 5.32 Å². The lowest BCUT2D eigenvalue weighted by Crippen LogP contribution is -2.14. The third-order valence-electron chi connectivity index (χ3n) is 2.69. The first-order valence-corrected chi connectivity index (χ1v) is 8.20. The Labute approximate surface area is 128 Å². The van der Waals surface area contributed by atoms with Crippen LogP contribution >= 0.6 is 11.3 Å². The van der Waals surface area contributed by atoms with Crippen LogP contribution in [0.25, 0.3) is 0 Å². The van der Waals surface area contributed by atoms with Crippen LogP contribution in [0.3, 0.4) is 0 Å². The molecule has 0 aliphatic heterocycles. The molecule has 0 bridgehead atoms. The zero-order chi connectivity index (χ0) is 16.3. The molecular weight excluding hydrogens is 334 g/mol. The van der Waals surface area contributed by atoms with Crippen LogP contribution in [0, 0.1) is 11.3 Å². The van der Waals surface area contributed by atoms with Crippen molar-refractivity contribution in [2.75, 3.05) is 5.32 Å². The van der Waals surface area contributed by atoms with Crippen LogP contribution in [0.2, 0.25) is 0 Å². The Bertz CT molecular complexity index is 837. The molecule has 0 saturated heterocycles. The number of carbonyl (C=O) groups excluding carboxylic acids is 1. The maximum atomic E-state index is 12.4. The molecule has 0 aliphatic carbocycles. The van der Waals surface area contributed by atoms with Gasteiger partial charge in [-0.1, -0.05) is 0 Å². The number of anilines is 1. The molecule has 0 unspecified atom stereocenters. The Kier molecular flexibility index (Phi) is 4.54. The Hall–Kier alpha value is -2.31. The highest BCUT2D eigenvalue weighted by atomic mass is 32.2. The molecule has 0 atom stereocenters. The SMILES string of the molecule is N#Cc1ccsc1NC(=O)c1ccc(S(=O)(=O)C(F)F)cc1. The lowest BCUT2D eigenvalue weighted by atomic mass is 10.2. The normalized spacial score (nSPS) is 11.2. The summed E-state index contributed by atoms with van der Waals surface area (Å²) in [5.41, 5.74) is 0.390. The van der Waals surface area contributed by atoms with E-state index in [-0.39, 0.29) is 5.56 Å². The second-order valence-electron chi connectivity index (χ2n) is 4.06. The highest BCUT2D eigenvalue weighted by Gasteiger charge is 2.26. The van der Waals surface area contributed by atoms with E-state index in [9.17, 15) is 22.0 Å². The van der Waals surface area contributed by atoms with E-state index in [0.717, 1.165) is 35.6 Å². The lowest BCUT2D eigenvalue weighted by molar-refractivity contribution is 0.102. The Morgan fingerprint density at radius 1 is 1.23 bits per heavy atom. The van der Waals surface area contributed by atoms with Gasteiger partial charge >= 0.3 is 5.76 Å². The first kappa shape index (κ1) is 16.1. The highest BCUT2D eigenvalue weighted by Crippen LogP contribution is 2.23. The van der Waals surface area contributed by atoms with Crippen LogP contribution < -0.4 is 5.32 Å². The standard InChI is InChI=1S/C13H8F2N2O3S2/c14-13(15)22(19,20)10-3-1-8(2-4-10)11(18)17-12-9(7-16)5-6-21-12/h1-6,13H,(H,17,18). The van der Waals surface area contributed by atoms with Gasteiger partial charge in [-0.05, 0) is 35.7 Å². The molecule has 0 aliphatic rings. The molecule has 1 heterocycles. The summed E-state index contributed by atoms with van der Waals surface area (Å²) < 4.78 is 47.3. The zero-order valence-electron chi connectivity index (χ0n) is 10.8. The molecular formula is C13H8F2N2O3S2. The lowest BCUT2D eigenvalue weighted by Gasteiger charge is -2.06. The molecule has 5 nitrogen and oxygen atoms in total. The van der Waals surface area contributed by atoms with Crippen molar-refractivity contribution >= 4 is 32.1 Å². The van der Waals surface area contributed by atoms with E-state index in [4.69, 9.17) is 5.26 Å². The number of amides is 1. The number of thiophene rings is 1. The molecule has 0 fully saturated rings. The number of nitriles is 1. The van der Waals surface area contributed by atoms with Crippen LogP contribution in [0.4, 0.5) is 13.8 Å². The van der Waals surface area contributed by atoms with Gasteiger partial charge in [-0.3, -0.25) is 4.79 Å². The fourth-order valence-electron chi connectivity index (χ4n) is 1.57. The maximum absolute atomic E-state index is 12.4. The minimum Gasteiger partial charge on any atom is -0.312 e. The van der Waals surface area contributed by atoms with Gasteiger partial charge in [0.25, 0.3) is 5.91 Å². The summed E-state index contributed by atoms with van der Waals surface area (Å²) in [6.07, 6.45) is 0. The van der Waals surface area contributed by atoms with E-state index in [1.54, 1.807) is 11.4 Å². The molecule has 114 valence electrons. The van der Waals surface area contributed by atoms with Crippen molar-refractivity contribution in [1.29, 1.82) is 5.26 Å². The van der Waals surface area contributed by atoms with E-state index >= 15 is 0 Å². The third-order valence-corrected chi connectivity index (χ3v) is 4.92. The fraction of sp³-hybridized carbons (Fsp3) is 0.0769. The summed E-state index contributed by atoms with van der Waals surface area (Å²) in [4.78, 5) is 11.4. The summed E-state index contributed by atoms with van der Waals surface area (Å²) in [6.45, 7) is 0. The van der Waals surface area contributed by atoms with E-state index in [1.165, 1.54) is 0 Å². The van der Waals surface area contributed by atoms with Gasteiger partial charge in [0.1, 0.15) is 11.1 Å². The summed E-state index contributed by atoms with van der Waals surface area (Å²) in [7, 11) is -4.69. The molecule has 1 aromatic heterocycles. The van der Waals surface area contributed by atoms with Crippen molar-refractivity contribution in [1.82, 2.24) is 0 Å². The molecule has 22 heavy (non-hydrogen) atoms. The number of halogens is 2. The Morgan fingerprint density at radius 2 is 1.86 bits per heavy atom. The molecule has 0 spiro atoms. The number of benzene rings is 1. The first-order chi connectivity index (χ1) is 10.4. The summed E-state index contributed by atoms with van der Waals surface area (Å²) in [6, 6.07) is 7.59. The minimum absolute atomic E-state index is 0.0884. The molecule has 1 amide bonds. The van der Waals surface area contributed by atoms with Crippen molar-refractivity contribution in [3.8, 4) is 6.07 Å². The number of nitrogens with zero attached hydrogens (tertiary/aromatic N) is 1. The van der Waals surface area contributed by atoms with Crippen LogP contribution in [-0.4, -0.2) is 20.1 Å². The van der Waals surface area contributed by atoms with Crippen LogP contribution in [0.1, 0.15) is 15.9 Å². The van der Waals surface area contributed by atoms with Gasteiger partial charge in [-0.2, -0.15) is 14.0 Å². The van der Waals surface area contributed by atoms with Crippen LogP contribution in [0.15, 0.2) is 40.6 Å². The van der Waals surface area contributed by atoms with E-state index in [1.807, 2.05) is 6.07 Å². The van der Waals surface area contributed by atoms with E-state index in [2.05, 4.69) is 5.32 Å². The topological polar surface area (TPSA) is 87.0 Å². The van der Waals surface area contributed by atoms with Crippen molar-refractivity contribution < 1.29 is 22.0 Å². The van der Waals surface area contributed by atoms with Gasteiger partial charge in [-0.25, -0.2) is 8.42 Å². The average molecular weight is 342 g/mol. The predicted molar refractivity (Wildman–Crippen MR) is 76.6 cm³/mol. The predicted octanol–water partition coefficient (Wildman–Crippen LogP) is 2.87. The number of nitrogens with one attached hydrogen (secondary N) is 1. The molecule has 2 rings (SSSR count). The molecule has 9 heteroatoms. The molecule has 2 aromatic rings. The molecule has 1 N–H and O–H groups in total. The van der Waals surface area contributed by atoms with Gasteiger partial charge in [0, 0.05) is 5.56 Å². The van der Waals surface area contributed by atoms with Gasteiger partial charge in [0.2, 0.25) is 9.84 Å². The van der Waals surface area contributed by atoms with Crippen molar-refractivity contribution in [2.24, 2.45) is 0 Å². The average Bonchev–Trinajstić information content (AvgIpc) is 2.94. The summed E-state index contributed by atoms with van der Waals surface area (Å²) in [5.74, 6) is -4.09. The van der Waals surface area contributed by atoms with Crippen LogP contribution in [-0.2, 0) is 9.84 Å². The molecule has 0 radical (unpaired) electrons. The van der Waals surface area contributed by atoms with Gasteiger partial charge in [-0.15, -0.1) is 11.3 Å². The van der Waals surface area contributed by atoms with Crippen LogP contribution in [0.5, 0.6) is 0 Å². The highest BCUT2D eigenvalue weighted by molar-refractivity contribution is 7.91. The van der Waals surface area contributed by atoms with E-state index in [0.29, 0.717) is 10.6 Å². The van der Waals surface area contributed by atoms with Gasteiger partial charge in [0.15, 0.2) is 0 Å². The number of rotatable bonds is 4. The van der Waals surface area contributed by atoms with Crippen molar-refractivity contribution in [2.45, 2.75) is 10.7 Å². The Morgan fingerprint density at radius 3 is 2.41 bits per heavy atom. The maximum Gasteiger partial charge on any atom is 0.341 e. The zero-order valence-corrected chi connectivity index (χ0v) is 12.4. The number of alkyl halides is 2. The van der Waals surface area contributed by atoms with E-state index < -0.39 is 26.4 Å². The number of hydrogen-bond donors (Lipinski definition) is 1. The smallest absolute Gasteiger partial charge is 0.312 e. The summed E-state index contributed by atoms with van der Waals surface area (Å²) >= 11 is 1.16. The largest absolute Gasteiger partial charge is 0.341 e. The van der Waals surface area contributed by atoms with Crippen molar-refractivity contribution in [3.63, 3.8) is 0 Å². The number of carbonyl (C=O) groups is 1. The fourth-order valence-corrected chi connectivity index (χ4v) is 3.02. The summed E-state index contributed by atoms with van der Waals surface area (Å²) in [5, 5.41) is 13.3. The van der Waals surface area contributed by atoms with Crippen molar-refractivity contribution in [3.05, 3.63) is 46.8 Å². The molecule has 0 saturated carbocycles.